The Morgan fingerprint density at radius 2 is 1.96 bits per heavy atom. The van der Waals surface area contributed by atoms with Crippen LogP contribution in [0.25, 0.3) is 10.9 Å². The molecule has 134 valence electrons. The SMILES string of the molecule is Cc1ccc2[nH]c(C)c(C[C@H]3COC(=O)N3[C@@H](C)c3ccccc3)c2c1. The number of H-pyrrole nitrogens is 1. The number of hydrogen-bond acceptors (Lipinski definition) is 2. The van der Waals surface area contributed by atoms with Gasteiger partial charge in [-0.25, -0.2) is 4.79 Å². The lowest BCUT2D eigenvalue weighted by Gasteiger charge is -2.28. The zero-order valence-electron chi connectivity index (χ0n) is 15.5. The number of benzene rings is 2. The van der Waals surface area contributed by atoms with Crippen molar-refractivity contribution in [3.63, 3.8) is 0 Å². The molecule has 4 heteroatoms. The highest BCUT2D eigenvalue weighted by Gasteiger charge is 2.37. The van der Waals surface area contributed by atoms with Crippen molar-refractivity contribution in [1.82, 2.24) is 9.88 Å². The molecule has 1 saturated heterocycles. The molecule has 0 unspecified atom stereocenters. The number of nitrogens with zero attached hydrogens (tertiary/aromatic N) is 1. The molecule has 3 aromatic rings. The van der Waals surface area contributed by atoms with Crippen LogP contribution >= 0.6 is 0 Å². The zero-order chi connectivity index (χ0) is 18.3. The summed E-state index contributed by atoms with van der Waals surface area (Å²) in [5.41, 5.74) is 5.96. The first-order valence-corrected chi connectivity index (χ1v) is 9.12. The van der Waals surface area contributed by atoms with E-state index in [1.807, 2.05) is 23.1 Å². The van der Waals surface area contributed by atoms with Gasteiger partial charge in [-0.2, -0.15) is 0 Å². The number of nitrogens with one attached hydrogen (secondary N) is 1. The van der Waals surface area contributed by atoms with Crippen molar-refractivity contribution >= 4 is 17.0 Å². The van der Waals surface area contributed by atoms with Gasteiger partial charge < -0.3 is 9.72 Å². The number of aromatic amines is 1. The summed E-state index contributed by atoms with van der Waals surface area (Å²) in [4.78, 5) is 17.8. The first-order chi connectivity index (χ1) is 12.5. The Bertz CT molecular complexity index is 945. The second-order valence-corrected chi connectivity index (χ2v) is 7.21. The van der Waals surface area contributed by atoms with Gasteiger partial charge in [0.15, 0.2) is 0 Å². The van der Waals surface area contributed by atoms with Gasteiger partial charge in [0.05, 0.1) is 12.1 Å². The summed E-state index contributed by atoms with van der Waals surface area (Å²) in [6.07, 6.45) is 0.568. The van der Waals surface area contributed by atoms with E-state index in [-0.39, 0.29) is 18.2 Å². The van der Waals surface area contributed by atoms with Crippen molar-refractivity contribution in [3.8, 4) is 0 Å². The Morgan fingerprint density at radius 3 is 2.73 bits per heavy atom. The van der Waals surface area contributed by atoms with E-state index in [4.69, 9.17) is 4.74 Å². The normalized spacial score (nSPS) is 18.3. The lowest BCUT2D eigenvalue weighted by molar-refractivity contribution is 0.147. The van der Waals surface area contributed by atoms with Crippen LogP contribution in [0, 0.1) is 13.8 Å². The number of cyclic esters (lactones) is 1. The molecule has 0 saturated carbocycles. The van der Waals surface area contributed by atoms with Gasteiger partial charge in [-0.1, -0.05) is 42.0 Å². The third kappa shape index (κ3) is 2.85. The van der Waals surface area contributed by atoms with Crippen LogP contribution in [0.1, 0.15) is 35.3 Å². The Hall–Kier alpha value is -2.75. The van der Waals surface area contributed by atoms with Crippen LogP contribution in [-0.2, 0) is 11.2 Å². The summed E-state index contributed by atoms with van der Waals surface area (Å²) in [5, 5.41) is 1.24. The third-order valence-corrected chi connectivity index (χ3v) is 5.42. The minimum absolute atomic E-state index is 0.0107. The van der Waals surface area contributed by atoms with Crippen molar-refractivity contribution < 1.29 is 9.53 Å². The number of aromatic nitrogens is 1. The molecule has 26 heavy (non-hydrogen) atoms. The standard InChI is InChI=1S/C22H24N2O2/c1-14-9-10-21-20(11-14)19(15(2)23-21)12-18-13-26-22(25)24(18)16(3)17-7-5-4-6-8-17/h4-11,16,18,23H,12-13H2,1-3H3/t16-,18-/m0/s1. The monoisotopic (exact) mass is 348 g/mol. The van der Waals surface area contributed by atoms with Crippen molar-refractivity contribution in [1.29, 1.82) is 0 Å². The van der Waals surface area contributed by atoms with E-state index in [1.165, 1.54) is 16.5 Å². The molecule has 2 aromatic carbocycles. The first-order valence-electron chi connectivity index (χ1n) is 9.12. The van der Waals surface area contributed by atoms with Crippen LogP contribution < -0.4 is 0 Å². The Morgan fingerprint density at radius 1 is 1.19 bits per heavy atom. The second kappa shape index (κ2) is 6.52. The summed E-state index contributed by atoms with van der Waals surface area (Å²) in [6.45, 7) is 6.72. The molecule has 1 aromatic heterocycles. The van der Waals surface area contributed by atoms with Crippen LogP contribution in [-0.4, -0.2) is 28.6 Å². The predicted octanol–water partition coefficient (Wildman–Crippen LogP) is 4.91. The van der Waals surface area contributed by atoms with E-state index >= 15 is 0 Å². The number of amides is 1. The molecule has 4 nitrogen and oxygen atoms in total. The van der Waals surface area contributed by atoms with Gasteiger partial charge >= 0.3 is 6.09 Å². The van der Waals surface area contributed by atoms with E-state index < -0.39 is 0 Å². The average molecular weight is 348 g/mol. The molecule has 1 N–H and O–H groups in total. The summed E-state index contributed by atoms with van der Waals surface area (Å²) in [6, 6.07) is 16.6. The minimum Gasteiger partial charge on any atom is -0.447 e. The highest BCUT2D eigenvalue weighted by molar-refractivity contribution is 5.85. The van der Waals surface area contributed by atoms with E-state index in [9.17, 15) is 4.79 Å². The first kappa shape index (κ1) is 16.7. The number of hydrogen-bond donors (Lipinski definition) is 1. The summed E-state index contributed by atoms with van der Waals surface area (Å²) in [5.74, 6) is 0. The van der Waals surface area contributed by atoms with Crippen LogP contribution in [0.2, 0.25) is 0 Å². The van der Waals surface area contributed by atoms with Crippen LogP contribution in [0.3, 0.4) is 0 Å². The van der Waals surface area contributed by atoms with Crippen LogP contribution in [0.4, 0.5) is 4.79 Å². The summed E-state index contributed by atoms with van der Waals surface area (Å²) >= 11 is 0. The third-order valence-electron chi connectivity index (χ3n) is 5.42. The molecule has 2 atom stereocenters. The van der Waals surface area contributed by atoms with Gasteiger partial charge in [-0.3, -0.25) is 4.90 Å². The molecule has 0 aliphatic carbocycles. The van der Waals surface area contributed by atoms with Gasteiger partial charge in [-0.05, 0) is 50.5 Å². The molecule has 1 fully saturated rings. The van der Waals surface area contributed by atoms with Crippen molar-refractivity contribution in [3.05, 3.63) is 70.9 Å². The number of rotatable bonds is 4. The summed E-state index contributed by atoms with van der Waals surface area (Å²) in [7, 11) is 0. The number of fused-ring (bicyclic) bond motifs is 1. The highest BCUT2D eigenvalue weighted by atomic mass is 16.6. The molecule has 1 aliphatic rings. The quantitative estimate of drug-likeness (QED) is 0.728. The molecule has 1 amide bonds. The lowest BCUT2D eigenvalue weighted by atomic mass is 9.99. The fourth-order valence-electron chi connectivity index (χ4n) is 3.99. The number of carbonyl (C=O) groups is 1. The molecular weight excluding hydrogens is 324 g/mol. The average Bonchev–Trinajstić information content (AvgIpc) is 3.15. The van der Waals surface area contributed by atoms with Crippen LogP contribution in [0.5, 0.6) is 0 Å². The molecule has 2 heterocycles. The predicted molar refractivity (Wildman–Crippen MR) is 103 cm³/mol. The molecule has 0 spiro atoms. The number of ether oxygens (including phenoxy) is 1. The fourth-order valence-corrected chi connectivity index (χ4v) is 3.99. The number of carbonyl (C=O) groups excluding carboxylic acids is 1. The van der Waals surface area contributed by atoms with Gasteiger partial charge in [0.25, 0.3) is 0 Å². The van der Waals surface area contributed by atoms with Gasteiger partial charge in [0.1, 0.15) is 6.61 Å². The maximum absolute atomic E-state index is 12.4. The fraction of sp³-hybridized carbons (Fsp3) is 0.318. The van der Waals surface area contributed by atoms with E-state index in [0.29, 0.717) is 6.61 Å². The van der Waals surface area contributed by atoms with Gasteiger partial charge in [0, 0.05) is 16.6 Å². The van der Waals surface area contributed by atoms with E-state index in [1.54, 1.807) is 0 Å². The molecule has 0 bridgehead atoms. The maximum Gasteiger partial charge on any atom is 0.410 e. The van der Waals surface area contributed by atoms with Gasteiger partial charge in [-0.15, -0.1) is 0 Å². The Labute approximate surface area is 153 Å². The Kier molecular flexibility index (Phi) is 4.19. The smallest absolute Gasteiger partial charge is 0.410 e. The van der Waals surface area contributed by atoms with Crippen LogP contribution in [0.15, 0.2) is 48.5 Å². The van der Waals surface area contributed by atoms with E-state index in [0.717, 1.165) is 23.2 Å². The Balaban J connectivity index is 1.66. The maximum atomic E-state index is 12.4. The van der Waals surface area contributed by atoms with E-state index in [2.05, 4.69) is 56.1 Å². The largest absolute Gasteiger partial charge is 0.447 e. The summed E-state index contributed by atoms with van der Waals surface area (Å²) < 4.78 is 5.42. The van der Waals surface area contributed by atoms with Gasteiger partial charge in [0.2, 0.25) is 0 Å². The van der Waals surface area contributed by atoms with Crippen molar-refractivity contribution in [2.75, 3.05) is 6.61 Å². The van der Waals surface area contributed by atoms with Crippen molar-refractivity contribution in [2.45, 2.75) is 39.3 Å². The highest BCUT2D eigenvalue weighted by Crippen LogP contribution is 2.31. The second-order valence-electron chi connectivity index (χ2n) is 7.21. The molecule has 1 aliphatic heterocycles. The number of aryl methyl sites for hydroxylation is 2. The lowest BCUT2D eigenvalue weighted by Crippen LogP contribution is -2.37. The molecule has 0 radical (unpaired) electrons. The minimum atomic E-state index is -0.222. The molecular formula is C22H24N2O2. The molecule has 4 rings (SSSR count). The zero-order valence-corrected chi connectivity index (χ0v) is 15.5. The topological polar surface area (TPSA) is 45.3 Å². The van der Waals surface area contributed by atoms with Crippen molar-refractivity contribution in [2.24, 2.45) is 0 Å².